The molecule has 0 unspecified atom stereocenters. The number of esters is 1. The molecule has 0 radical (unpaired) electrons. The average Bonchev–Trinajstić information content (AvgIpc) is 3.69. The van der Waals surface area contributed by atoms with E-state index in [-0.39, 0.29) is 25.2 Å². The largest absolute Gasteiger partial charge is 0.496 e. The number of rotatable bonds is 11. The number of anilines is 2. The van der Waals surface area contributed by atoms with Gasteiger partial charge in [0.05, 0.1) is 18.9 Å². The van der Waals surface area contributed by atoms with Gasteiger partial charge in [-0.2, -0.15) is 0 Å². The zero-order valence-electron chi connectivity index (χ0n) is 22.4. The lowest BCUT2D eigenvalue weighted by atomic mass is 10.1. The standard InChI is InChI=1S/C28H33N5O7/c1-3-21(16-38-26(34)23-8-5-11-30-23)40-28(36)31-14-18-6-4-7-19(12-18)32-27(35)33-20-9-10-22(24(13-20)37-2)25-15-29-17-39-25/h4,6-7,9-10,12-13,15,17,21,23,30H,3,5,8,11,14,16H2,1-2H3,(H,31,36)(H2,32,33,35)/t21-,23-/m1/s1. The van der Waals surface area contributed by atoms with E-state index in [2.05, 4.69) is 26.3 Å². The van der Waals surface area contributed by atoms with E-state index in [1.54, 1.807) is 42.6 Å². The molecule has 1 fully saturated rings. The summed E-state index contributed by atoms with van der Waals surface area (Å²) in [6, 6.07) is 11.5. The molecule has 0 bridgehead atoms. The number of oxazole rings is 1. The van der Waals surface area contributed by atoms with Gasteiger partial charge in [-0.15, -0.1) is 0 Å². The minimum atomic E-state index is -0.624. The third-order valence-corrected chi connectivity index (χ3v) is 6.26. The molecule has 1 aromatic heterocycles. The van der Waals surface area contributed by atoms with Crippen LogP contribution < -0.4 is 26.0 Å². The van der Waals surface area contributed by atoms with E-state index in [1.807, 2.05) is 13.0 Å². The molecule has 4 rings (SSSR count). The van der Waals surface area contributed by atoms with Crippen LogP contribution in [0.4, 0.5) is 21.0 Å². The Labute approximate surface area is 231 Å². The summed E-state index contributed by atoms with van der Waals surface area (Å²) in [5, 5.41) is 11.3. The number of carbonyl (C=O) groups is 3. The van der Waals surface area contributed by atoms with Crippen molar-refractivity contribution < 1.29 is 33.0 Å². The second-order valence-electron chi connectivity index (χ2n) is 9.13. The highest BCUT2D eigenvalue weighted by molar-refractivity contribution is 6.00. The first-order valence-corrected chi connectivity index (χ1v) is 13.0. The van der Waals surface area contributed by atoms with Gasteiger partial charge in [0.1, 0.15) is 24.5 Å². The number of benzene rings is 2. The Balaban J connectivity index is 1.24. The van der Waals surface area contributed by atoms with E-state index in [4.69, 9.17) is 18.6 Å². The normalized spacial score (nSPS) is 15.1. The number of methoxy groups -OCH3 is 1. The molecule has 2 heterocycles. The highest BCUT2D eigenvalue weighted by Gasteiger charge is 2.25. The molecular formula is C28H33N5O7. The molecule has 212 valence electrons. The molecule has 4 N–H and O–H groups in total. The number of ether oxygens (including phenoxy) is 3. The van der Waals surface area contributed by atoms with Gasteiger partial charge in [0.15, 0.2) is 12.2 Å². The second-order valence-corrected chi connectivity index (χ2v) is 9.13. The van der Waals surface area contributed by atoms with E-state index in [9.17, 15) is 14.4 Å². The predicted molar refractivity (Wildman–Crippen MR) is 147 cm³/mol. The molecule has 12 heteroatoms. The van der Waals surface area contributed by atoms with E-state index in [0.29, 0.717) is 34.9 Å². The number of nitrogens with zero attached hydrogens (tertiary/aromatic N) is 1. The zero-order chi connectivity index (χ0) is 28.3. The fourth-order valence-corrected chi connectivity index (χ4v) is 4.14. The van der Waals surface area contributed by atoms with Crippen molar-refractivity contribution in [3.63, 3.8) is 0 Å². The topological polar surface area (TPSA) is 153 Å². The predicted octanol–water partition coefficient (Wildman–Crippen LogP) is 4.29. The number of urea groups is 1. The first kappa shape index (κ1) is 28.4. The van der Waals surface area contributed by atoms with Crippen molar-refractivity contribution in [1.29, 1.82) is 0 Å². The van der Waals surface area contributed by atoms with Crippen molar-refractivity contribution in [3.8, 4) is 17.1 Å². The van der Waals surface area contributed by atoms with Crippen LogP contribution in [0.1, 0.15) is 31.7 Å². The van der Waals surface area contributed by atoms with Crippen molar-refractivity contribution in [2.24, 2.45) is 0 Å². The van der Waals surface area contributed by atoms with Gasteiger partial charge in [0.25, 0.3) is 0 Å². The smallest absolute Gasteiger partial charge is 0.407 e. The van der Waals surface area contributed by atoms with E-state index < -0.39 is 18.2 Å². The number of carbonyl (C=O) groups excluding carboxylic acids is 3. The number of alkyl carbamates (subject to hydrolysis) is 1. The minimum absolute atomic E-state index is 0.00408. The van der Waals surface area contributed by atoms with Gasteiger partial charge in [-0.25, -0.2) is 14.6 Å². The Kier molecular flexibility index (Phi) is 9.94. The van der Waals surface area contributed by atoms with Gasteiger partial charge >= 0.3 is 18.1 Å². The van der Waals surface area contributed by atoms with Gasteiger partial charge in [-0.1, -0.05) is 19.1 Å². The van der Waals surface area contributed by atoms with E-state index in [1.165, 1.54) is 13.5 Å². The van der Waals surface area contributed by atoms with Crippen LogP contribution in [0.3, 0.4) is 0 Å². The summed E-state index contributed by atoms with van der Waals surface area (Å²) in [6.07, 6.45) is 3.92. The first-order valence-electron chi connectivity index (χ1n) is 13.0. The molecule has 0 saturated carbocycles. The fourth-order valence-electron chi connectivity index (χ4n) is 4.14. The minimum Gasteiger partial charge on any atom is -0.496 e. The lowest BCUT2D eigenvalue weighted by molar-refractivity contribution is -0.148. The molecule has 12 nitrogen and oxygen atoms in total. The Bertz CT molecular complexity index is 1290. The number of hydrogen-bond acceptors (Lipinski definition) is 9. The van der Waals surface area contributed by atoms with Crippen LogP contribution in [0.15, 0.2) is 59.5 Å². The molecule has 2 atom stereocenters. The quantitative estimate of drug-likeness (QED) is 0.256. The maximum Gasteiger partial charge on any atom is 0.407 e. The Morgan fingerprint density at radius 2 is 1.98 bits per heavy atom. The average molecular weight is 552 g/mol. The molecule has 3 amide bonds. The summed E-state index contributed by atoms with van der Waals surface area (Å²) in [5.41, 5.74) is 2.51. The van der Waals surface area contributed by atoms with Crippen molar-refractivity contribution in [2.45, 2.75) is 44.9 Å². The molecular weight excluding hydrogens is 518 g/mol. The number of amides is 3. The van der Waals surface area contributed by atoms with Crippen molar-refractivity contribution in [2.75, 3.05) is 30.9 Å². The highest BCUT2D eigenvalue weighted by Crippen LogP contribution is 2.32. The molecule has 0 aliphatic carbocycles. The monoisotopic (exact) mass is 551 g/mol. The first-order chi connectivity index (χ1) is 19.4. The van der Waals surface area contributed by atoms with Crippen LogP contribution in [-0.2, 0) is 20.8 Å². The fraction of sp³-hybridized carbons (Fsp3) is 0.357. The van der Waals surface area contributed by atoms with Crippen LogP contribution in [0, 0.1) is 0 Å². The summed E-state index contributed by atoms with van der Waals surface area (Å²) < 4.78 is 21.4. The lowest BCUT2D eigenvalue weighted by Gasteiger charge is -2.18. The summed E-state index contributed by atoms with van der Waals surface area (Å²) in [5.74, 6) is 0.743. The summed E-state index contributed by atoms with van der Waals surface area (Å²) in [6.45, 7) is 2.83. The third-order valence-electron chi connectivity index (χ3n) is 6.26. The maximum atomic E-state index is 12.6. The van der Waals surface area contributed by atoms with E-state index in [0.717, 1.165) is 24.9 Å². The Hall–Kier alpha value is -4.58. The van der Waals surface area contributed by atoms with Crippen molar-refractivity contribution in [3.05, 3.63) is 60.6 Å². The molecule has 2 aromatic carbocycles. The summed E-state index contributed by atoms with van der Waals surface area (Å²) in [7, 11) is 1.53. The lowest BCUT2D eigenvalue weighted by Crippen LogP contribution is -2.36. The molecule has 1 aliphatic rings. The van der Waals surface area contributed by atoms with Crippen LogP contribution in [0.25, 0.3) is 11.3 Å². The number of aromatic nitrogens is 1. The maximum absolute atomic E-state index is 12.6. The summed E-state index contributed by atoms with van der Waals surface area (Å²) in [4.78, 5) is 40.9. The zero-order valence-corrected chi connectivity index (χ0v) is 22.4. The Morgan fingerprint density at radius 1 is 1.15 bits per heavy atom. The number of hydrogen-bond donors (Lipinski definition) is 4. The molecule has 3 aromatic rings. The second kappa shape index (κ2) is 14.0. The Morgan fingerprint density at radius 3 is 2.67 bits per heavy atom. The number of nitrogens with one attached hydrogen (secondary N) is 4. The summed E-state index contributed by atoms with van der Waals surface area (Å²) >= 11 is 0. The highest BCUT2D eigenvalue weighted by atomic mass is 16.6. The third kappa shape index (κ3) is 7.96. The molecule has 1 saturated heterocycles. The molecule has 40 heavy (non-hydrogen) atoms. The van der Waals surface area contributed by atoms with Crippen LogP contribution in [0.5, 0.6) is 5.75 Å². The SMILES string of the molecule is CC[C@H](COC(=O)[C@H]1CCCN1)OC(=O)NCc1cccc(NC(=O)Nc2ccc(-c3cnco3)c(OC)c2)c1. The van der Waals surface area contributed by atoms with Gasteiger partial charge in [-0.3, -0.25) is 4.79 Å². The molecule has 0 spiro atoms. The van der Waals surface area contributed by atoms with Crippen LogP contribution >= 0.6 is 0 Å². The van der Waals surface area contributed by atoms with E-state index >= 15 is 0 Å². The van der Waals surface area contributed by atoms with Gasteiger partial charge in [0.2, 0.25) is 0 Å². The van der Waals surface area contributed by atoms with Gasteiger partial charge in [-0.05, 0) is 55.6 Å². The molecule has 1 aliphatic heterocycles. The van der Waals surface area contributed by atoms with Gasteiger partial charge in [0, 0.05) is 24.0 Å². The van der Waals surface area contributed by atoms with Crippen molar-refractivity contribution >= 4 is 29.5 Å². The van der Waals surface area contributed by atoms with Crippen molar-refractivity contribution in [1.82, 2.24) is 15.6 Å². The van der Waals surface area contributed by atoms with Gasteiger partial charge < -0.3 is 39.9 Å². The van der Waals surface area contributed by atoms with Crippen LogP contribution in [0.2, 0.25) is 0 Å². The van der Waals surface area contributed by atoms with Crippen LogP contribution in [-0.4, -0.2) is 55.5 Å².